The number of aromatic nitrogens is 2. The number of carbonyl (C=O) groups is 1. The molecule has 0 saturated heterocycles. The molecule has 158 valence electrons. The van der Waals surface area contributed by atoms with Crippen LogP contribution < -0.4 is 10.1 Å². The fourth-order valence-corrected chi connectivity index (χ4v) is 3.29. The summed E-state index contributed by atoms with van der Waals surface area (Å²) in [6.07, 6.45) is 2.27. The second kappa shape index (κ2) is 9.32. The minimum Gasteiger partial charge on any atom is -0.497 e. The van der Waals surface area contributed by atoms with E-state index in [1.807, 2.05) is 54.6 Å². The van der Waals surface area contributed by atoms with Gasteiger partial charge < -0.3 is 19.6 Å². The van der Waals surface area contributed by atoms with Crippen LogP contribution in [0.2, 0.25) is 0 Å². The van der Waals surface area contributed by atoms with Gasteiger partial charge in [-0.15, -0.1) is 0 Å². The lowest BCUT2D eigenvalue weighted by Gasteiger charge is -2.10. The second-order valence-electron chi connectivity index (χ2n) is 7.05. The Morgan fingerprint density at radius 3 is 2.74 bits per heavy atom. The summed E-state index contributed by atoms with van der Waals surface area (Å²) in [6.45, 7) is 0.549. The molecule has 2 aromatic carbocycles. The number of nitrogens with zero attached hydrogens (tertiary/aromatic N) is 2. The van der Waals surface area contributed by atoms with Gasteiger partial charge in [0.05, 0.1) is 32.0 Å². The molecular weight excluding hydrogens is 394 g/mol. The maximum Gasteiger partial charge on any atom is 0.255 e. The van der Waals surface area contributed by atoms with Gasteiger partial charge in [0.2, 0.25) is 0 Å². The van der Waals surface area contributed by atoms with Gasteiger partial charge in [-0.1, -0.05) is 42.5 Å². The van der Waals surface area contributed by atoms with Crippen LogP contribution in [0.1, 0.15) is 27.8 Å². The zero-order valence-corrected chi connectivity index (χ0v) is 17.1. The van der Waals surface area contributed by atoms with Crippen molar-refractivity contribution < 1.29 is 19.1 Å². The van der Waals surface area contributed by atoms with Crippen LogP contribution in [0, 0.1) is 0 Å². The van der Waals surface area contributed by atoms with Gasteiger partial charge in [-0.2, -0.15) is 5.10 Å². The van der Waals surface area contributed by atoms with Crippen LogP contribution in [0.4, 0.5) is 0 Å². The van der Waals surface area contributed by atoms with Crippen molar-refractivity contribution in [1.29, 1.82) is 0 Å². The van der Waals surface area contributed by atoms with Crippen LogP contribution >= 0.6 is 0 Å². The van der Waals surface area contributed by atoms with Crippen LogP contribution in [-0.4, -0.2) is 34.4 Å². The molecule has 0 aliphatic rings. The number of nitrogens with one attached hydrogen (secondary N) is 1. The average Bonchev–Trinajstić information content (AvgIpc) is 3.48. The van der Waals surface area contributed by atoms with Crippen LogP contribution in [0.15, 0.2) is 83.6 Å². The Hall–Kier alpha value is -3.84. The summed E-state index contributed by atoms with van der Waals surface area (Å²) in [5.74, 6) is 0.741. The van der Waals surface area contributed by atoms with E-state index in [0.717, 1.165) is 11.1 Å². The number of carbonyl (C=O) groups excluding carboxylic acids is 1. The van der Waals surface area contributed by atoms with E-state index < -0.39 is 6.10 Å². The Bertz CT molecular complexity index is 1140. The van der Waals surface area contributed by atoms with E-state index in [0.29, 0.717) is 29.3 Å². The minimum absolute atomic E-state index is 0.0216. The lowest BCUT2D eigenvalue weighted by molar-refractivity contribution is 0.0901. The number of methoxy groups -OCH3 is 1. The first-order valence-corrected chi connectivity index (χ1v) is 9.89. The molecule has 2 N–H and O–H groups in total. The zero-order valence-electron chi connectivity index (χ0n) is 17.1. The van der Waals surface area contributed by atoms with Crippen molar-refractivity contribution in [2.45, 2.75) is 12.6 Å². The van der Waals surface area contributed by atoms with Crippen molar-refractivity contribution in [3.63, 3.8) is 0 Å². The first kappa shape index (κ1) is 20.4. The topological polar surface area (TPSA) is 89.5 Å². The lowest BCUT2D eigenvalue weighted by Crippen LogP contribution is -2.28. The summed E-state index contributed by atoms with van der Waals surface area (Å²) in [6, 6.07) is 20.7. The first-order valence-electron chi connectivity index (χ1n) is 9.89. The van der Waals surface area contributed by atoms with Gasteiger partial charge in [-0.3, -0.25) is 9.48 Å². The van der Waals surface area contributed by atoms with Gasteiger partial charge in [-0.25, -0.2) is 0 Å². The Balaban J connectivity index is 1.61. The maximum atomic E-state index is 13.0. The summed E-state index contributed by atoms with van der Waals surface area (Å²) in [7, 11) is 1.59. The lowest BCUT2D eigenvalue weighted by atomic mass is 10.1. The van der Waals surface area contributed by atoms with Crippen molar-refractivity contribution in [2.75, 3.05) is 13.7 Å². The predicted molar refractivity (Wildman–Crippen MR) is 116 cm³/mol. The fraction of sp³-hybridized carbons (Fsp3) is 0.167. The highest BCUT2D eigenvalue weighted by Gasteiger charge is 2.20. The smallest absolute Gasteiger partial charge is 0.255 e. The highest BCUT2D eigenvalue weighted by Crippen LogP contribution is 2.26. The minimum atomic E-state index is -0.932. The third-order valence-corrected chi connectivity index (χ3v) is 4.86. The summed E-state index contributed by atoms with van der Waals surface area (Å²) < 4.78 is 12.2. The number of rotatable bonds is 8. The van der Waals surface area contributed by atoms with Gasteiger partial charge in [0.1, 0.15) is 23.3 Å². The molecule has 4 aromatic rings. The fourth-order valence-electron chi connectivity index (χ4n) is 3.29. The number of hydrogen-bond donors (Lipinski definition) is 2. The predicted octanol–water partition coefficient (Wildman–Crippen LogP) is 3.66. The molecule has 0 radical (unpaired) electrons. The zero-order chi connectivity index (χ0) is 21.6. The van der Waals surface area contributed by atoms with Crippen molar-refractivity contribution in [2.24, 2.45) is 0 Å². The van der Waals surface area contributed by atoms with Crippen LogP contribution in [-0.2, 0) is 6.54 Å². The second-order valence-corrected chi connectivity index (χ2v) is 7.05. The van der Waals surface area contributed by atoms with E-state index in [4.69, 9.17) is 9.15 Å². The Labute approximate surface area is 179 Å². The summed E-state index contributed by atoms with van der Waals surface area (Å²) in [4.78, 5) is 13.0. The molecule has 7 nitrogen and oxygen atoms in total. The molecule has 0 fully saturated rings. The molecule has 0 spiro atoms. The van der Waals surface area contributed by atoms with Crippen LogP contribution in [0.3, 0.4) is 0 Å². The molecule has 2 heterocycles. The number of ether oxygens (including phenoxy) is 1. The van der Waals surface area contributed by atoms with Crippen LogP contribution in [0.25, 0.3) is 11.3 Å². The normalized spacial score (nSPS) is 11.8. The van der Waals surface area contributed by atoms with E-state index >= 15 is 0 Å². The summed E-state index contributed by atoms with van der Waals surface area (Å²) >= 11 is 0. The highest BCUT2D eigenvalue weighted by atomic mass is 16.5. The number of hydrogen-bond acceptors (Lipinski definition) is 5. The number of aliphatic hydroxyl groups is 1. The van der Waals surface area contributed by atoms with Crippen molar-refractivity contribution >= 4 is 5.91 Å². The molecule has 31 heavy (non-hydrogen) atoms. The standard InChI is InChI=1S/C24H23N3O4/c1-30-19-10-5-9-18(13-19)23-20(16-27(26-23)15-17-7-3-2-4-8-17)24(29)25-14-21(28)22-11-6-12-31-22/h2-13,16,21,28H,14-15H2,1H3,(H,25,29). The van der Waals surface area contributed by atoms with Crippen molar-refractivity contribution in [1.82, 2.24) is 15.1 Å². The molecule has 1 amide bonds. The largest absolute Gasteiger partial charge is 0.497 e. The highest BCUT2D eigenvalue weighted by molar-refractivity contribution is 5.99. The van der Waals surface area contributed by atoms with Gasteiger partial charge in [0, 0.05) is 11.8 Å². The van der Waals surface area contributed by atoms with Crippen molar-refractivity contribution in [3.05, 3.63) is 96.1 Å². The van der Waals surface area contributed by atoms with Gasteiger partial charge >= 0.3 is 0 Å². The van der Waals surface area contributed by atoms with E-state index in [2.05, 4.69) is 10.4 Å². The number of benzene rings is 2. The quantitative estimate of drug-likeness (QED) is 0.457. The SMILES string of the molecule is COc1cccc(-c2nn(Cc3ccccc3)cc2C(=O)NCC(O)c2ccco2)c1. The Morgan fingerprint density at radius 1 is 1.16 bits per heavy atom. The molecule has 0 bridgehead atoms. The van der Waals surface area contributed by atoms with E-state index in [9.17, 15) is 9.90 Å². The molecule has 1 atom stereocenters. The van der Waals surface area contributed by atoms with Crippen LogP contribution in [0.5, 0.6) is 5.75 Å². The van der Waals surface area contributed by atoms with E-state index in [1.54, 1.807) is 30.1 Å². The van der Waals surface area contributed by atoms with Gasteiger partial charge in [-0.05, 0) is 29.8 Å². The number of amides is 1. The Kier molecular flexibility index (Phi) is 6.14. The summed E-state index contributed by atoms with van der Waals surface area (Å²) in [5, 5.41) is 17.7. The molecule has 0 saturated carbocycles. The molecule has 7 heteroatoms. The third-order valence-electron chi connectivity index (χ3n) is 4.86. The van der Waals surface area contributed by atoms with E-state index in [-0.39, 0.29) is 12.5 Å². The number of aliphatic hydroxyl groups excluding tert-OH is 1. The molecular formula is C24H23N3O4. The average molecular weight is 417 g/mol. The third kappa shape index (κ3) is 4.84. The van der Waals surface area contributed by atoms with Gasteiger partial charge in [0.25, 0.3) is 5.91 Å². The maximum absolute atomic E-state index is 13.0. The Morgan fingerprint density at radius 2 is 2.00 bits per heavy atom. The number of furan rings is 1. The molecule has 2 aromatic heterocycles. The van der Waals surface area contributed by atoms with Crippen molar-refractivity contribution in [3.8, 4) is 17.0 Å². The molecule has 4 rings (SSSR count). The monoisotopic (exact) mass is 417 g/mol. The summed E-state index contributed by atoms with van der Waals surface area (Å²) in [5.41, 5.74) is 2.79. The molecule has 0 aliphatic carbocycles. The molecule has 1 unspecified atom stereocenters. The van der Waals surface area contributed by atoms with Gasteiger partial charge in [0.15, 0.2) is 0 Å². The van der Waals surface area contributed by atoms with E-state index in [1.165, 1.54) is 6.26 Å². The molecule has 0 aliphatic heterocycles. The first-order chi connectivity index (χ1) is 15.1.